The van der Waals surface area contributed by atoms with Gasteiger partial charge < -0.3 is 5.11 Å². The van der Waals surface area contributed by atoms with Crippen LogP contribution in [0.5, 0.6) is 0 Å². The molecule has 21 heavy (non-hydrogen) atoms. The number of rotatable bonds is 4. The first kappa shape index (κ1) is 16.4. The van der Waals surface area contributed by atoms with Crippen LogP contribution in [0, 0.1) is 11.6 Å². The molecule has 7 heteroatoms. The molecule has 3 nitrogen and oxygen atoms in total. The second-order valence-corrected chi connectivity index (χ2v) is 5.84. The summed E-state index contributed by atoms with van der Waals surface area (Å²) in [6.07, 6.45) is -0.184. The van der Waals surface area contributed by atoms with Gasteiger partial charge in [0.15, 0.2) is 11.6 Å². The number of aromatic nitrogens is 2. The van der Waals surface area contributed by atoms with Gasteiger partial charge in [0.2, 0.25) is 0 Å². The van der Waals surface area contributed by atoms with E-state index in [1.807, 2.05) is 6.92 Å². The van der Waals surface area contributed by atoms with Crippen LogP contribution in [-0.2, 0) is 19.9 Å². The van der Waals surface area contributed by atoms with Crippen LogP contribution in [0.1, 0.15) is 30.0 Å². The van der Waals surface area contributed by atoms with Crippen LogP contribution in [-0.4, -0.2) is 14.9 Å². The molecule has 0 saturated carbocycles. The molecule has 0 amide bonds. The molecule has 2 rings (SSSR count). The van der Waals surface area contributed by atoms with Crippen LogP contribution >= 0.6 is 27.5 Å². The molecule has 0 aliphatic carbocycles. The molecule has 1 aromatic carbocycles. The Hall–Kier alpha value is -0.980. The third-order valence-electron chi connectivity index (χ3n) is 3.31. The monoisotopic (exact) mass is 378 g/mol. The van der Waals surface area contributed by atoms with Gasteiger partial charge in [0.25, 0.3) is 0 Å². The largest absolute Gasteiger partial charge is 0.388 e. The second-order valence-electron chi connectivity index (χ2n) is 4.67. The number of aliphatic hydroxyl groups is 1. The zero-order valence-corrected chi connectivity index (χ0v) is 13.8. The average Bonchev–Trinajstić information content (AvgIpc) is 2.72. The molecule has 0 saturated heterocycles. The van der Waals surface area contributed by atoms with Crippen molar-refractivity contribution in [3.63, 3.8) is 0 Å². The number of benzene rings is 1. The minimum Gasteiger partial charge on any atom is -0.388 e. The predicted octanol–water partition coefficient (Wildman–Crippen LogP) is 3.95. The van der Waals surface area contributed by atoms with Crippen LogP contribution in [0.25, 0.3) is 0 Å². The molecule has 1 aromatic heterocycles. The summed E-state index contributed by atoms with van der Waals surface area (Å²) in [5.74, 6) is -1.98. The maximum absolute atomic E-state index is 13.5. The quantitative estimate of drug-likeness (QED) is 0.817. The molecular formula is C14H14BrClF2N2O. The highest BCUT2D eigenvalue weighted by Crippen LogP contribution is 2.31. The standard InChI is InChI=1S/C14H14BrClF2N2O/c1-3-9-13(16)10(20(2)19-9)6-11(21)7-4-5-8(17)14(18)12(7)15/h4-5,11,21H,3,6H2,1-2H3. The summed E-state index contributed by atoms with van der Waals surface area (Å²) in [5.41, 5.74) is 1.66. The molecule has 0 radical (unpaired) electrons. The lowest BCUT2D eigenvalue weighted by atomic mass is 10.0. The highest BCUT2D eigenvalue weighted by atomic mass is 79.9. The zero-order chi connectivity index (χ0) is 15.7. The summed E-state index contributed by atoms with van der Waals surface area (Å²) in [4.78, 5) is 0. The molecule has 1 unspecified atom stereocenters. The van der Waals surface area contributed by atoms with Crippen molar-refractivity contribution in [2.24, 2.45) is 7.05 Å². The smallest absolute Gasteiger partial charge is 0.173 e. The highest BCUT2D eigenvalue weighted by Gasteiger charge is 2.21. The summed E-state index contributed by atoms with van der Waals surface area (Å²) in [6, 6.07) is 2.33. The first-order valence-corrected chi connectivity index (χ1v) is 7.55. The summed E-state index contributed by atoms with van der Waals surface area (Å²) in [6.45, 7) is 1.93. The lowest BCUT2D eigenvalue weighted by Crippen LogP contribution is -2.08. The van der Waals surface area contributed by atoms with Crippen LogP contribution in [0.3, 0.4) is 0 Å². The Morgan fingerprint density at radius 1 is 1.43 bits per heavy atom. The molecule has 0 aliphatic rings. The third kappa shape index (κ3) is 3.12. The van der Waals surface area contributed by atoms with Gasteiger partial charge in [-0.1, -0.05) is 24.6 Å². The number of aliphatic hydroxyl groups excluding tert-OH is 1. The fraction of sp³-hybridized carbons (Fsp3) is 0.357. The number of aryl methyl sites for hydroxylation is 2. The Morgan fingerprint density at radius 3 is 2.67 bits per heavy atom. The van der Waals surface area contributed by atoms with E-state index in [2.05, 4.69) is 21.0 Å². The predicted molar refractivity (Wildman–Crippen MR) is 80.3 cm³/mol. The fourth-order valence-corrected chi connectivity index (χ4v) is 3.09. The summed E-state index contributed by atoms with van der Waals surface area (Å²) >= 11 is 9.19. The van der Waals surface area contributed by atoms with Crippen molar-refractivity contribution >= 4 is 27.5 Å². The van der Waals surface area contributed by atoms with Crippen LogP contribution in [0.15, 0.2) is 16.6 Å². The van der Waals surface area contributed by atoms with E-state index in [1.54, 1.807) is 11.7 Å². The van der Waals surface area contributed by atoms with Gasteiger partial charge in [-0.25, -0.2) is 8.78 Å². The van der Waals surface area contributed by atoms with E-state index in [0.29, 0.717) is 17.1 Å². The number of hydrogen-bond donors (Lipinski definition) is 1. The SMILES string of the molecule is CCc1nn(C)c(CC(O)c2ccc(F)c(F)c2Br)c1Cl. The Labute approximate surface area is 134 Å². The maximum Gasteiger partial charge on any atom is 0.173 e. The lowest BCUT2D eigenvalue weighted by Gasteiger charge is -2.14. The van der Waals surface area contributed by atoms with E-state index in [-0.39, 0.29) is 16.5 Å². The van der Waals surface area contributed by atoms with Gasteiger partial charge in [-0.3, -0.25) is 4.68 Å². The summed E-state index contributed by atoms with van der Waals surface area (Å²) in [7, 11) is 1.73. The van der Waals surface area contributed by atoms with E-state index in [0.717, 1.165) is 11.8 Å². The normalized spacial score (nSPS) is 12.7. The van der Waals surface area contributed by atoms with E-state index >= 15 is 0 Å². The van der Waals surface area contributed by atoms with Crippen LogP contribution in [0.4, 0.5) is 8.78 Å². The van der Waals surface area contributed by atoms with Gasteiger partial charge in [-0.2, -0.15) is 5.10 Å². The minimum atomic E-state index is -1.02. The molecular weight excluding hydrogens is 366 g/mol. The van der Waals surface area contributed by atoms with Crippen molar-refractivity contribution in [3.05, 3.63) is 50.2 Å². The number of hydrogen-bond acceptors (Lipinski definition) is 2. The number of halogens is 4. The molecule has 0 spiro atoms. The van der Waals surface area contributed by atoms with E-state index in [4.69, 9.17) is 11.6 Å². The van der Waals surface area contributed by atoms with Crippen molar-refractivity contribution in [3.8, 4) is 0 Å². The van der Waals surface area contributed by atoms with Crippen molar-refractivity contribution in [2.45, 2.75) is 25.9 Å². The topological polar surface area (TPSA) is 38.0 Å². The molecule has 2 aromatic rings. The molecule has 0 aliphatic heterocycles. The van der Waals surface area contributed by atoms with Gasteiger partial charge in [-0.15, -0.1) is 0 Å². The summed E-state index contributed by atoms with van der Waals surface area (Å²) < 4.78 is 28.2. The molecule has 1 atom stereocenters. The van der Waals surface area contributed by atoms with Gasteiger partial charge >= 0.3 is 0 Å². The Balaban J connectivity index is 2.33. The van der Waals surface area contributed by atoms with Gasteiger partial charge in [0.05, 0.1) is 27.0 Å². The van der Waals surface area contributed by atoms with Crippen LogP contribution < -0.4 is 0 Å². The van der Waals surface area contributed by atoms with Crippen molar-refractivity contribution < 1.29 is 13.9 Å². The number of nitrogens with zero attached hydrogens (tertiary/aromatic N) is 2. The lowest BCUT2D eigenvalue weighted by molar-refractivity contribution is 0.174. The van der Waals surface area contributed by atoms with Crippen LogP contribution in [0.2, 0.25) is 5.02 Å². The highest BCUT2D eigenvalue weighted by molar-refractivity contribution is 9.10. The maximum atomic E-state index is 13.5. The minimum absolute atomic E-state index is 0.0796. The van der Waals surface area contributed by atoms with E-state index < -0.39 is 17.7 Å². The Kier molecular flexibility index (Phi) is 5.01. The molecule has 0 bridgehead atoms. The van der Waals surface area contributed by atoms with Crippen molar-refractivity contribution in [1.82, 2.24) is 9.78 Å². The van der Waals surface area contributed by atoms with E-state index in [9.17, 15) is 13.9 Å². The molecule has 0 fully saturated rings. The van der Waals surface area contributed by atoms with Crippen molar-refractivity contribution in [2.75, 3.05) is 0 Å². The van der Waals surface area contributed by atoms with Crippen molar-refractivity contribution in [1.29, 1.82) is 0 Å². The zero-order valence-electron chi connectivity index (χ0n) is 11.5. The molecule has 1 heterocycles. The summed E-state index contributed by atoms with van der Waals surface area (Å²) in [5, 5.41) is 15.0. The Morgan fingerprint density at radius 2 is 2.10 bits per heavy atom. The molecule has 114 valence electrons. The first-order valence-electron chi connectivity index (χ1n) is 6.38. The Bertz CT molecular complexity index is 675. The fourth-order valence-electron chi connectivity index (χ4n) is 2.13. The second kappa shape index (κ2) is 6.42. The molecule has 1 N–H and O–H groups in total. The average molecular weight is 380 g/mol. The first-order chi connectivity index (χ1) is 9.86. The third-order valence-corrected chi connectivity index (χ3v) is 4.56. The van der Waals surface area contributed by atoms with Gasteiger partial charge in [-0.05, 0) is 34.0 Å². The van der Waals surface area contributed by atoms with Gasteiger partial charge in [0.1, 0.15) is 0 Å². The van der Waals surface area contributed by atoms with E-state index in [1.165, 1.54) is 6.07 Å². The van der Waals surface area contributed by atoms with Gasteiger partial charge in [0, 0.05) is 13.5 Å².